The summed E-state index contributed by atoms with van der Waals surface area (Å²) in [6.07, 6.45) is 2.51. The number of aromatic nitrogens is 1. The van der Waals surface area contributed by atoms with Crippen LogP contribution in [0.4, 0.5) is 0 Å². The Balaban J connectivity index is 2.68. The van der Waals surface area contributed by atoms with Gasteiger partial charge in [0, 0.05) is 11.9 Å². The van der Waals surface area contributed by atoms with Gasteiger partial charge in [0.2, 0.25) is 0 Å². The van der Waals surface area contributed by atoms with Crippen LogP contribution in [0.2, 0.25) is 10.0 Å². The maximum atomic E-state index is 11.4. The summed E-state index contributed by atoms with van der Waals surface area (Å²) in [5.41, 5.74) is 3.17. The molecule has 1 rings (SSSR count). The molecule has 0 saturated carbocycles. The van der Waals surface area contributed by atoms with E-state index in [1.54, 1.807) is 13.0 Å². The SMILES string of the molecule is CCS(=O)(=O)CCCC(NN)c1ncc(Cl)cc1Cl. The molecule has 108 valence electrons. The first-order valence-corrected chi connectivity index (χ1v) is 8.45. The highest BCUT2D eigenvalue weighted by molar-refractivity contribution is 7.91. The number of halogens is 2. The van der Waals surface area contributed by atoms with Gasteiger partial charge < -0.3 is 0 Å². The molecule has 0 saturated heterocycles. The molecule has 1 atom stereocenters. The molecule has 1 aromatic rings. The van der Waals surface area contributed by atoms with Crippen LogP contribution in [-0.2, 0) is 9.84 Å². The zero-order chi connectivity index (χ0) is 14.5. The predicted octanol–water partition coefficient (Wildman–Crippen LogP) is 2.11. The average Bonchev–Trinajstić information content (AvgIpc) is 2.36. The maximum Gasteiger partial charge on any atom is 0.150 e. The van der Waals surface area contributed by atoms with Crippen molar-refractivity contribution in [2.45, 2.75) is 25.8 Å². The third-order valence-corrected chi connectivity index (χ3v) is 5.06. The van der Waals surface area contributed by atoms with Crippen molar-refractivity contribution in [2.75, 3.05) is 11.5 Å². The topological polar surface area (TPSA) is 85.1 Å². The van der Waals surface area contributed by atoms with Gasteiger partial charge >= 0.3 is 0 Å². The molecule has 0 spiro atoms. The number of nitrogens with zero attached hydrogens (tertiary/aromatic N) is 1. The van der Waals surface area contributed by atoms with Gasteiger partial charge in [-0.15, -0.1) is 0 Å². The van der Waals surface area contributed by atoms with Gasteiger partial charge in [-0.05, 0) is 18.9 Å². The molecule has 0 fully saturated rings. The molecule has 8 heteroatoms. The van der Waals surface area contributed by atoms with E-state index in [2.05, 4.69) is 10.4 Å². The van der Waals surface area contributed by atoms with Crippen LogP contribution >= 0.6 is 23.2 Å². The lowest BCUT2D eigenvalue weighted by Gasteiger charge is -2.16. The molecule has 5 nitrogen and oxygen atoms in total. The standard InChI is InChI=1S/C11H17Cl2N3O2S/c1-2-19(17,18)5-3-4-10(16-14)11-9(13)6-8(12)7-15-11/h6-7,10,16H,2-5,14H2,1H3. The average molecular weight is 326 g/mol. The van der Waals surface area contributed by atoms with Crippen molar-refractivity contribution >= 4 is 33.0 Å². The zero-order valence-electron chi connectivity index (χ0n) is 10.6. The van der Waals surface area contributed by atoms with Crippen molar-refractivity contribution in [3.63, 3.8) is 0 Å². The number of hydrazine groups is 1. The fourth-order valence-corrected chi connectivity index (χ4v) is 3.04. The second-order valence-corrected chi connectivity index (χ2v) is 7.43. The van der Waals surface area contributed by atoms with E-state index < -0.39 is 9.84 Å². The molecule has 0 radical (unpaired) electrons. The quantitative estimate of drug-likeness (QED) is 0.592. The van der Waals surface area contributed by atoms with E-state index in [0.29, 0.717) is 28.6 Å². The van der Waals surface area contributed by atoms with Crippen LogP contribution in [0.1, 0.15) is 31.5 Å². The van der Waals surface area contributed by atoms with E-state index >= 15 is 0 Å². The van der Waals surface area contributed by atoms with E-state index in [-0.39, 0.29) is 17.5 Å². The molecule has 0 aromatic carbocycles. The van der Waals surface area contributed by atoms with Crippen molar-refractivity contribution < 1.29 is 8.42 Å². The largest absolute Gasteiger partial charge is 0.271 e. The molecule has 0 aliphatic heterocycles. The van der Waals surface area contributed by atoms with Crippen LogP contribution in [0.5, 0.6) is 0 Å². The minimum atomic E-state index is -2.97. The summed E-state index contributed by atoms with van der Waals surface area (Å²) < 4.78 is 22.8. The number of nitrogens with two attached hydrogens (primary N) is 1. The van der Waals surface area contributed by atoms with Crippen LogP contribution in [0.3, 0.4) is 0 Å². The Morgan fingerprint density at radius 1 is 1.47 bits per heavy atom. The van der Waals surface area contributed by atoms with Gasteiger partial charge in [0.05, 0.1) is 27.5 Å². The fourth-order valence-electron chi connectivity index (χ4n) is 1.63. The Kier molecular flexibility index (Phi) is 6.49. The van der Waals surface area contributed by atoms with E-state index in [1.165, 1.54) is 6.20 Å². The molecule has 3 N–H and O–H groups in total. The number of sulfone groups is 1. The highest BCUT2D eigenvalue weighted by Gasteiger charge is 2.16. The van der Waals surface area contributed by atoms with Crippen molar-refractivity contribution in [1.82, 2.24) is 10.4 Å². The van der Waals surface area contributed by atoms with E-state index in [9.17, 15) is 8.42 Å². The molecule has 0 aliphatic carbocycles. The Hall–Kier alpha value is -0.400. The van der Waals surface area contributed by atoms with Gasteiger partial charge in [0.25, 0.3) is 0 Å². The molecule has 19 heavy (non-hydrogen) atoms. The molecule has 1 unspecified atom stereocenters. The molecule has 0 bridgehead atoms. The fraction of sp³-hybridized carbons (Fsp3) is 0.545. The number of hydrogen-bond donors (Lipinski definition) is 2. The molecular weight excluding hydrogens is 309 g/mol. The van der Waals surface area contributed by atoms with Gasteiger partial charge in [0.15, 0.2) is 0 Å². The van der Waals surface area contributed by atoms with Gasteiger partial charge in [-0.3, -0.25) is 16.3 Å². The summed E-state index contributed by atoms with van der Waals surface area (Å²) in [5, 5.41) is 0.854. The molecule has 0 amide bonds. The Morgan fingerprint density at radius 3 is 2.68 bits per heavy atom. The van der Waals surface area contributed by atoms with Crippen LogP contribution < -0.4 is 11.3 Å². The summed E-state index contributed by atoms with van der Waals surface area (Å²) in [6, 6.07) is 1.29. The van der Waals surface area contributed by atoms with Crippen LogP contribution in [-0.4, -0.2) is 24.9 Å². The van der Waals surface area contributed by atoms with Gasteiger partial charge in [-0.2, -0.15) is 0 Å². The normalized spacial score (nSPS) is 13.5. The third kappa shape index (κ3) is 5.24. The lowest BCUT2D eigenvalue weighted by molar-refractivity contribution is 0.496. The first-order valence-electron chi connectivity index (χ1n) is 5.87. The van der Waals surface area contributed by atoms with Crippen molar-refractivity contribution in [3.05, 3.63) is 28.0 Å². The zero-order valence-corrected chi connectivity index (χ0v) is 12.9. The van der Waals surface area contributed by atoms with Gasteiger partial charge in [-0.1, -0.05) is 30.1 Å². The number of rotatable bonds is 7. The number of hydrogen-bond acceptors (Lipinski definition) is 5. The highest BCUT2D eigenvalue weighted by Crippen LogP contribution is 2.26. The first kappa shape index (κ1) is 16.7. The Bertz CT molecular complexity index is 523. The molecule has 0 aliphatic rings. The summed E-state index contributed by atoms with van der Waals surface area (Å²) in [4.78, 5) is 4.13. The van der Waals surface area contributed by atoms with Crippen molar-refractivity contribution in [1.29, 1.82) is 0 Å². The maximum absolute atomic E-state index is 11.4. The second-order valence-electron chi connectivity index (χ2n) is 4.12. The van der Waals surface area contributed by atoms with Crippen LogP contribution in [0.25, 0.3) is 0 Å². The third-order valence-electron chi connectivity index (χ3n) is 2.76. The summed E-state index contributed by atoms with van der Waals surface area (Å²) in [6.45, 7) is 1.63. The van der Waals surface area contributed by atoms with Crippen molar-refractivity contribution in [3.8, 4) is 0 Å². The van der Waals surface area contributed by atoms with E-state index in [4.69, 9.17) is 29.0 Å². The van der Waals surface area contributed by atoms with Gasteiger partial charge in [0.1, 0.15) is 9.84 Å². The smallest absolute Gasteiger partial charge is 0.150 e. The van der Waals surface area contributed by atoms with E-state index in [0.717, 1.165) is 0 Å². The van der Waals surface area contributed by atoms with Crippen LogP contribution in [0, 0.1) is 0 Å². The van der Waals surface area contributed by atoms with Crippen molar-refractivity contribution in [2.24, 2.45) is 5.84 Å². The van der Waals surface area contributed by atoms with Crippen LogP contribution in [0.15, 0.2) is 12.3 Å². The number of pyridine rings is 1. The first-order chi connectivity index (χ1) is 8.89. The van der Waals surface area contributed by atoms with Gasteiger partial charge in [-0.25, -0.2) is 8.42 Å². The minimum Gasteiger partial charge on any atom is -0.271 e. The summed E-state index contributed by atoms with van der Waals surface area (Å²) in [7, 11) is -2.97. The lowest BCUT2D eigenvalue weighted by Crippen LogP contribution is -2.29. The highest BCUT2D eigenvalue weighted by atomic mass is 35.5. The Labute approximate surface area is 123 Å². The number of nitrogens with one attached hydrogen (secondary N) is 1. The monoisotopic (exact) mass is 325 g/mol. The molecular formula is C11H17Cl2N3O2S. The van der Waals surface area contributed by atoms with E-state index in [1.807, 2.05) is 0 Å². The second kappa shape index (κ2) is 7.40. The molecule has 1 heterocycles. The summed E-state index contributed by atoms with van der Waals surface area (Å²) in [5.74, 6) is 5.74. The minimum absolute atomic E-state index is 0.132. The Morgan fingerprint density at radius 2 is 2.16 bits per heavy atom. The summed E-state index contributed by atoms with van der Waals surface area (Å²) >= 11 is 11.8. The lowest BCUT2D eigenvalue weighted by atomic mass is 10.1. The molecule has 1 aromatic heterocycles. The predicted molar refractivity (Wildman–Crippen MR) is 77.9 cm³/mol.